The molecule has 7 nitrogen and oxygen atoms in total. The molecule has 0 aliphatic heterocycles. The number of nitrogens with zero attached hydrogens (tertiary/aromatic N) is 4. The van der Waals surface area contributed by atoms with Gasteiger partial charge in [0.1, 0.15) is 11.3 Å². The summed E-state index contributed by atoms with van der Waals surface area (Å²) in [6.07, 6.45) is 1.42. The zero-order valence-electron chi connectivity index (χ0n) is 12.5. The molecule has 25 heavy (non-hydrogen) atoms. The van der Waals surface area contributed by atoms with Crippen LogP contribution in [0.4, 0.5) is 5.95 Å². The first-order chi connectivity index (χ1) is 12.1. The van der Waals surface area contributed by atoms with Crippen LogP contribution in [0.2, 0.25) is 5.02 Å². The van der Waals surface area contributed by atoms with Crippen LogP contribution in [0.1, 0.15) is 5.56 Å². The van der Waals surface area contributed by atoms with Crippen molar-refractivity contribution >= 4 is 61.8 Å². The number of aromatic amines is 1. The minimum absolute atomic E-state index is 0.0417. The van der Waals surface area contributed by atoms with Crippen molar-refractivity contribution in [2.24, 2.45) is 5.10 Å². The van der Waals surface area contributed by atoms with E-state index >= 15 is 0 Å². The van der Waals surface area contributed by atoms with Gasteiger partial charge in [-0.15, -0.1) is 10.2 Å². The molecule has 0 fully saturated rings. The van der Waals surface area contributed by atoms with Crippen LogP contribution in [-0.2, 0) is 0 Å². The Labute approximate surface area is 154 Å². The van der Waals surface area contributed by atoms with Gasteiger partial charge in [0.15, 0.2) is 5.65 Å². The van der Waals surface area contributed by atoms with Crippen LogP contribution in [0.3, 0.4) is 0 Å². The van der Waals surface area contributed by atoms with E-state index in [1.165, 1.54) is 6.21 Å². The number of fused-ring (bicyclic) bond motifs is 3. The van der Waals surface area contributed by atoms with Crippen molar-refractivity contribution in [1.82, 2.24) is 20.2 Å². The number of hydrazone groups is 1. The van der Waals surface area contributed by atoms with Gasteiger partial charge < -0.3 is 10.1 Å². The number of H-pyrrole nitrogens is 1. The van der Waals surface area contributed by atoms with E-state index in [9.17, 15) is 5.11 Å². The van der Waals surface area contributed by atoms with Gasteiger partial charge >= 0.3 is 0 Å². The monoisotopic (exact) mass is 416 g/mol. The molecule has 4 rings (SSSR count). The van der Waals surface area contributed by atoms with Crippen molar-refractivity contribution in [2.75, 3.05) is 5.43 Å². The third kappa shape index (κ3) is 3.01. The van der Waals surface area contributed by atoms with Crippen molar-refractivity contribution < 1.29 is 5.11 Å². The molecule has 0 amide bonds. The van der Waals surface area contributed by atoms with Crippen molar-refractivity contribution in [2.45, 2.75) is 0 Å². The Balaban J connectivity index is 1.62. The number of nitrogens with one attached hydrogen (secondary N) is 2. The molecule has 2 heterocycles. The van der Waals surface area contributed by atoms with E-state index in [-0.39, 0.29) is 11.7 Å². The van der Waals surface area contributed by atoms with E-state index in [0.717, 1.165) is 10.9 Å². The van der Waals surface area contributed by atoms with Crippen LogP contribution in [0.25, 0.3) is 22.1 Å². The summed E-state index contributed by atoms with van der Waals surface area (Å²) in [5, 5.41) is 23.6. The molecule has 2 aromatic carbocycles. The number of para-hydroxylation sites is 1. The van der Waals surface area contributed by atoms with E-state index in [1.54, 1.807) is 12.1 Å². The Morgan fingerprint density at radius 3 is 2.96 bits per heavy atom. The second-order valence-electron chi connectivity index (χ2n) is 5.20. The minimum atomic E-state index is 0.0417. The predicted octanol–water partition coefficient (Wildman–Crippen LogP) is 4.07. The molecule has 0 saturated heterocycles. The van der Waals surface area contributed by atoms with E-state index in [1.807, 2.05) is 24.3 Å². The Morgan fingerprint density at radius 1 is 1.24 bits per heavy atom. The molecule has 124 valence electrons. The molecule has 3 N–H and O–H groups in total. The largest absolute Gasteiger partial charge is 0.506 e. The smallest absolute Gasteiger partial charge is 0.265 e. The van der Waals surface area contributed by atoms with E-state index in [2.05, 4.69) is 46.6 Å². The number of anilines is 1. The summed E-state index contributed by atoms with van der Waals surface area (Å²) in [5.74, 6) is 0.274. The number of rotatable bonds is 3. The quantitative estimate of drug-likeness (QED) is 0.345. The standard InChI is InChI=1S/C16H10BrClN6O/c17-11-6-9(18)5-8(14(11)25)7-19-23-16-21-15-13(22-24-16)10-3-1-2-4-12(10)20-15/h1-7,25H,(H2,20,21,23,24)/b19-7-. The first-order valence-electron chi connectivity index (χ1n) is 7.20. The average molecular weight is 418 g/mol. The predicted molar refractivity (Wildman–Crippen MR) is 101 cm³/mol. The van der Waals surface area contributed by atoms with Crippen molar-refractivity contribution in [1.29, 1.82) is 0 Å². The molecule has 0 atom stereocenters. The highest BCUT2D eigenvalue weighted by Crippen LogP contribution is 2.30. The molecule has 0 spiro atoms. The summed E-state index contributed by atoms with van der Waals surface area (Å²) in [4.78, 5) is 7.53. The fourth-order valence-electron chi connectivity index (χ4n) is 2.41. The highest BCUT2D eigenvalue weighted by molar-refractivity contribution is 9.10. The van der Waals surface area contributed by atoms with Crippen LogP contribution in [0.5, 0.6) is 5.75 Å². The third-order valence-electron chi connectivity index (χ3n) is 3.55. The number of benzene rings is 2. The Kier molecular flexibility index (Phi) is 3.98. The van der Waals surface area contributed by atoms with E-state index in [0.29, 0.717) is 26.2 Å². The second kappa shape index (κ2) is 6.30. The highest BCUT2D eigenvalue weighted by Gasteiger charge is 2.08. The zero-order valence-corrected chi connectivity index (χ0v) is 14.9. The number of hydrogen-bond donors (Lipinski definition) is 3. The summed E-state index contributed by atoms with van der Waals surface area (Å²) in [6.45, 7) is 0. The summed E-state index contributed by atoms with van der Waals surface area (Å²) >= 11 is 9.18. The summed E-state index contributed by atoms with van der Waals surface area (Å²) in [5.41, 5.74) is 5.39. The minimum Gasteiger partial charge on any atom is -0.506 e. The summed E-state index contributed by atoms with van der Waals surface area (Å²) < 4.78 is 0.485. The lowest BCUT2D eigenvalue weighted by Crippen LogP contribution is -1.99. The number of aromatic hydroxyl groups is 1. The molecule has 0 aliphatic carbocycles. The molecule has 2 aromatic heterocycles. The molecule has 4 aromatic rings. The maximum absolute atomic E-state index is 9.97. The first kappa shape index (κ1) is 15.8. The molecule has 0 saturated carbocycles. The molecule has 0 unspecified atom stereocenters. The van der Waals surface area contributed by atoms with Gasteiger partial charge in [-0.3, -0.25) is 0 Å². The fourth-order valence-corrected chi connectivity index (χ4v) is 3.25. The van der Waals surface area contributed by atoms with Gasteiger partial charge in [0, 0.05) is 21.5 Å². The van der Waals surface area contributed by atoms with Crippen LogP contribution in [0, 0.1) is 0 Å². The number of phenols is 1. The number of phenolic OH excluding ortho intramolecular Hbond substituents is 1. The van der Waals surface area contributed by atoms with Gasteiger partial charge in [0.25, 0.3) is 5.95 Å². The van der Waals surface area contributed by atoms with Gasteiger partial charge in [-0.05, 0) is 34.1 Å². The van der Waals surface area contributed by atoms with Gasteiger partial charge in [-0.25, -0.2) is 5.43 Å². The highest BCUT2D eigenvalue weighted by atomic mass is 79.9. The number of hydrogen-bond acceptors (Lipinski definition) is 6. The fraction of sp³-hybridized carbons (Fsp3) is 0. The normalized spacial score (nSPS) is 11.6. The SMILES string of the molecule is Oc1c(Br)cc(Cl)cc1/C=N\Nc1nnc2c(n1)[nH]c1ccccc12. The lowest BCUT2D eigenvalue weighted by Gasteiger charge is -2.02. The number of halogens is 2. The van der Waals surface area contributed by atoms with Crippen molar-refractivity contribution in [3.05, 3.63) is 51.5 Å². The van der Waals surface area contributed by atoms with Crippen LogP contribution < -0.4 is 5.43 Å². The third-order valence-corrected chi connectivity index (χ3v) is 4.37. The number of aromatic nitrogens is 4. The van der Waals surface area contributed by atoms with Crippen LogP contribution in [0.15, 0.2) is 46.0 Å². The first-order valence-corrected chi connectivity index (χ1v) is 8.37. The maximum atomic E-state index is 9.97. The Morgan fingerprint density at radius 2 is 2.08 bits per heavy atom. The van der Waals surface area contributed by atoms with Crippen LogP contribution >= 0.6 is 27.5 Å². The Bertz CT molecular complexity index is 1130. The molecular formula is C16H10BrClN6O. The van der Waals surface area contributed by atoms with E-state index < -0.39 is 0 Å². The van der Waals surface area contributed by atoms with Gasteiger partial charge in [-0.1, -0.05) is 29.8 Å². The maximum Gasteiger partial charge on any atom is 0.265 e. The summed E-state index contributed by atoms with van der Waals surface area (Å²) in [6, 6.07) is 11.0. The molecular weight excluding hydrogens is 408 g/mol. The van der Waals surface area contributed by atoms with Gasteiger partial charge in [0.05, 0.1) is 10.7 Å². The molecule has 9 heteroatoms. The molecule has 0 bridgehead atoms. The molecule has 0 radical (unpaired) electrons. The Hall–Kier alpha value is -2.71. The van der Waals surface area contributed by atoms with Crippen molar-refractivity contribution in [3.8, 4) is 5.75 Å². The lowest BCUT2D eigenvalue weighted by molar-refractivity contribution is 0.471. The van der Waals surface area contributed by atoms with Gasteiger partial charge in [-0.2, -0.15) is 10.1 Å². The summed E-state index contributed by atoms with van der Waals surface area (Å²) in [7, 11) is 0. The van der Waals surface area contributed by atoms with Crippen molar-refractivity contribution in [3.63, 3.8) is 0 Å². The zero-order chi connectivity index (χ0) is 17.4. The average Bonchev–Trinajstić information content (AvgIpc) is 2.96. The molecule has 0 aliphatic rings. The van der Waals surface area contributed by atoms with Gasteiger partial charge in [0.2, 0.25) is 0 Å². The lowest BCUT2D eigenvalue weighted by atomic mass is 10.2. The van der Waals surface area contributed by atoms with E-state index in [4.69, 9.17) is 11.6 Å². The van der Waals surface area contributed by atoms with Crippen LogP contribution in [-0.4, -0.2) is 31.5 Å². The second-order valence-corrected chi connectivity index (χ2v) is 6.49. The topological polar surface area (TPSA) is 99.1 Å².